The lowest BCUT2D eigenvalue weighted by molar-refractivity contribution is -0.103. The van der Waals surface area contributed by atoms with Crippen molar-refractivity contribution in [3.63, 3.8) is 0 Å². The summed E-state index contributed by atoms with van der Waals surface area (Å²) in [6.45, 7) is 9.02. The molecule has 0 radical (unpaired) electrons. The summed E-state index contributed by atoms with van der Waals surface area (Å²) in [6, 6.07) is 17.2. The number of carboxylic acid groups (broad SMARTS) is 1. The molecule has 1 N–H and O–H groups in total. The largest absolute Gasteiger partial charge is 0.497 e. The zero-order valence-electron chi connectivity index (χ0n) is 24.8. The van der Waals surface area contributed by atoms with Crippen LogP contribution in [0.2, 0.25) is 0 Å². The van der Waals surface area contributed by atoms with Crippen molar-refractivity contribution in [1.29, 1.82) is 0 Å². The number of fused-ring (bicyclic) bond motifs is 1. The first kappa shape index (κ1) is 26.8. The van der Waals surface area contributed by atoms with Crippen LogP contribution in [-0.2, 0) is 11.8 Å². The second-order valence-electron chi connectivity index (χ2n) is 14.2. The first-order valence-electron chi connectivity index (χ1n) is 15.4. The van der Waals surface area contributed by atoms with Crippen LogP contribution in [0.4, 0.5) is 4.79 Å². The molecule has 2 aromatic carbocycles. The Bertz CT molecular complexity index is 1370. The molecule has 0 unspecified atom stereocenters. The van der Waals surface area contributed by atoms with Gasteiger partial charge in [0.15, 0.2) is 0 Å². The molecule has 2 heterocycles. The second kappa shape index (κ2) is 9.22. The van der Waals surface area contributed by atoms with Crippen LogP contribution in [0.15, 0.2) is 48.5 Å². The van der Waals surface area contributed by atoms with E-state index in [9.17, 15) is 14.7 Å². The van der Waals surface area contributed by atoms with E-state index in [1.807, 2.05) is 51.1 Å². The van der Waals surface area contributed by atoms with Crippen molar-refractivity contribution < 1.29 is 19.4 Å². The highest BCUT2D eigenvalue weighted by molar-refractivity contribution is 5.94. The summed E-state index contributed by atoms with van der Waals surface area (Å²) in [7, 11) is 1.76. The molecule has 2 amide bonds. The van der Waals surface area contributed by atoms with E-state index in [4.69, 9.17) is 4.74 Å². The molecule has 3 aliphatic carbocycles. The summed E-state index contributed by atoms with van der Waals surface area (Å²) in [5.74, 6) is 2.04. The number of amides is 2. The van der Waals surface area contributed by atoms with Crippen molar-refractivity contribution in [1.82, 2.24) is 14.7 Å². The van der Waals surface area contributed by atoms with Gasteiger partial charge in [-0.25, -0.2) is 4.79 Å². The fourth-order valence-corrected chi connectivity index (χ4v) is 10.4. The zero-order valence-corrected chi connectivity index (χ0v) is 24.8. The van der Waals surface area contributed by atoms with Crippen molar-refractivity contribution in [2.45, 2.75) is 75.9 Å². The van der Waals surface area contributed by atoms with Gasteiger partial charge in [0.25, 0.3) is 5.91 Å². The lowest BCUT2D eigenvalue weighted by atomic mass is 9.43. The number of ether oxygens (including phenoxy) is 1. The number of carbonyl (C=O) groups excluding carboxylic acids is 1. The smallest absolute Gasteiger partial charge is 0.407 e. The third-order valence-electron chi connectivity index (χ3n) is 11.7. The molecule has 7 heteroatoms. The number of piperidine rings is 1. The Morgan fingerprint density at radius 3 is 2.61 bits per heavy atom. The maximum absolute atomic E-state index is 13.8. The number of likely N-dealkylation sites (tertiary alicyclic amines) is 2. The predicted molar refractivity (Wildman–Crippen MR) is 157 cm³/mol. The van der Waals surface area contributed by atoms with Crippen molar-refractivity contribution in [3.8, 4) is 5.75 Å². The highest BCUT2D eigenvalue weighted by atomic mass is 16.5. The van der Waals surface area contributed by atoms with Gasteiger partial charge in [-0.15, -0.1) is 0 Å². The topological polar surface area (TPSA) is 73.3 Å². The molecule has 4 fully saturated rings. The highest BCUT2D eigenvalue weighted by Gasteiger charge is 2.76. The molecule has 6 atom stereocenters. The molecule has 5 aliphatic rings. The van der Waals surface area contributed by atoms with Crippen molar-refractivity contribution in [2.24, 2.45) is 17.3 Å². The lowest BCUT2D eigenvalue weighted by Crippen LogP contribution is -2.70. The molecule has 0 spiro atoms. The Hall–Kier alpha value is -3.06. The Kier molecular flexibility index (Phi) is 6.03. The first-order chi connectivity index (χ1) is 19.6. The Labute approximate surface area is 243 Å². The normalized spacial score (nSPS) is 33.2. The van der Waals surface area contributed by atoms with Crippen LogP contribution in [0.5, 0.6) is 5.75 Å². The predicted octanol–water partition coefficient (Wildman–Crippen LogP) is 5.28. The standard InChI is InChI=1S/C34H43N3O4/c1-32(2,3)37(31(39)40)17-16-35-15-14-34-26-19-25(41-4)11-10-23(26)18-28(35)33(34)13-12-27-29(34)24(20-33)21-36(27)30(38)22-8-6-5-7-9-22/h5-11,19,24,27-29H,12-18,20-21H2,1-4H3,(H,39,40)/t24-,27-,28-,29-,33-,34+/m1/s1. The van der Waals surface area contributed by atoms with Crippen LogP contribution in [0, 0.1) is 17.3 Å². The van der Waals surface area contributed by atoms with Crippen molar-refractivity contribution >= 4 is 12.0 Å². The van der Waals surface area contributed by atoms with Gasteiger partial charge in [0, 0.05) is 48.2 Å². The van der Waals surface area contributed by atoms with E-state index in [1.54, 1.807) is 12.0 Å². The van der Waals surface area contributed by atoms with E-state index in [2.05, 4.69) is 28.0 Å². The summed E-state index contributed by atoms with van der Waals surface area (Å²) < 4.78 is 5.77. The molecule has 2 saturated carbocycles. The number of benzene rings is 2. The Morgan fingerprint density at radius 1 is 1.12 bits per heavy atom. The molecule has 7 nitrogen and oxygen atoms in total. The molecular weight excluding hydrogens is 514 g/mol. The van der Waals surface area contributed by atoms with Gasteiger partial charge >= 0.3 is 6.09 Å². The van der Waals surface area contributed by atoms with E-state index in [-0.39, 0.29) is 22.8 Å². The summed E-state index contributed by atoms with van der Waals surface area (Å²) in [6.07, 6.45) is 4.52. The number of rotatable bonds is 5. The molecule has 2 aliphatic heterocycles. The van der Waals surface area contributed by atoms with Gasteiger partial charge in [0.2, 0.25) is 0 Å². The summed E-state index contributed by atoms with van der Waals surface area (Å²) in [5.41, 5.74) is 3.41. The summed E-state index contributed by atoms with van der Waals surface area (Å²) >= 11 is 0. The second-order valence-corrected chi connectivity index (χ2v) is 14.2. The van der Waals surface area contributed by atoms with Crippen LogP contribution < -0.4 is 4.74 Å². The zero-order chi connectivity index (χ0) is 28.7. The van der Waals surface area contributed by atoms with E-state index >= 15 is 0 Å². The molecule has 0 aromatic heterocycles. The fraction of sp³-hybridized carbons (Fsp3) is 0.588. The minimum absolute atomic E-state index is 0.0199. The quantitative estimate of drug-likeness (QED) is 0.541. The van der Waals surface area contributed by atoms with E-state index < -0.39 is 11.6 Å². The SMILES string of the molecule is COc1ccc2c(c1)[C@]13CCN(CCN(C(=O)O)C(C)(C)C)[C@H](C2)[C@]12CC[C@@H]1[C@H]3[C@@H](CN1C(=O)c1ccccc1)C2. The van der Waals surface area contributed by atoms with Gasteiger partial charge in [-0.05, 0) is 112 Å². The molecule has 2 aromatic rings. The van der Waals surface area contributed by atoms with Crippen molar-refractivity contribution in [2.75, 3.05) is 33.3 Å². The van der Waals surface area contributed by atoms with Gasteiger partial charge in [0.1, 0.15) is 5.75 Å². The fourth-order valence-electron chi connectivity index (χ4n) is 10.4. The number of hydrogen-bond acceptors (Lipinski definition) is 4. The highest BCUT2D eigenvalue weighted by Crippen LogP contribution is 2.75. The van der Waals surface area contributed by atoms with Gasteiger partial charge in [-0.1, -0.05) is 24.3 Å². The van der Waals surface area contributed by atoms with Gasteiger partial charge in [-0.3, -0.25) is 9.69 Å². The van der Waals surface area contributed by atoms with Gasteiger partial charge in [0.05, 0.1) is 7.11 Å². The van der Waals surface area contributed by atoms with Crippen LogP contribution in [0.1, 0.15) is 67.9 Å². The van der Waals surface area contributed by atoms with E-state index in [0.29, 0.717) is 24.4 Å². The van der Waals surface area contributed by atoms with Crippen LogP contribution in [-0.4, -0.2) is 82.7 Å². The van der Waals surface area contributed by atoms with E-state index in [0.717, 1.165) is 63.1 Å². The molecule has 41 heavy (non-hydrogen) atoms. The maximum atomic E-state index is 13.8. The average Bonchev–Trinajstić information content (AvgIpc) is 3.39. The lowest BCUT2D eigenvalue weighted by Gasteiger charge is -2.66. The summed E-state index contributed by atoms with van der Waals surface area (Å²) in [5, 5.41) is 9.97. The monoisotopic (exact) mass is 557 g/mol. The van der Waals surface area contributed by atoms with Crippen LogP contribution >= 0.6 is 0 Å². The Balaban J connectivity index is 1.27. The molecule has 4 bridgehead atoms. The van der Waals surface area contributed by atoms with Gasteiger partial charge in [-0.2, -0.15) is 0 Å². The number of hydrogen-bond donors (Lipinski definition) is 1. The molecule has 2 saturated heterocycles. The average molecular weight is 558 g/mol. The Morgan fingerprint density at radius 2 is 1.90 bits per heavy atom. The first-order valence-corrected chi connectivity index (χ1v) is 15.4. The number of carbonyl (C=O) groups is 2. The number of nitrogens with zero attached hydrogens (tertiary/aromatic N) is 3. The molecule has 7 rings (SSSR count). The number of methoxy groups -OCH3 is 1. The van der Waals surface area contributed by atoms with Gasteiger partial charge < -0.3 is 19.6 Å². The van der Waals surface area contributed by atoms with Crippen LogP contribution in [0.3, 0.4) is 0 Å². The molecular formula is C34H43N3O4. The molecule has 218 valence electrons. The van der Waals surface area contributed by atoms with Crippen LogP contribution in [0.25, 0.3) is 0 Å². The third kappa shape index (κ3) is 3.66. The minimum atomic E-state index is -0.845. The van der Waals surface area contributed by atoms with Crippen molar-refractivity contribution in [3.05, 3.63) is 65.2 Å². The summed E-state index contributed by atoms with van der Waals surface area (Å²) in [4.78, 5) is 32.4. The van der Waals surface area contributed by atoms with E-state index in [1.165, 1.54) is 11.1 Å². The maximum Gasteiger partial charge on any atom is 0.407 e. The minimum Gasteiger partial charge on any atom is -0.497 e. The third-order valence-corrected chi connectivity index (χ3v) is 11.7.